The minimum atomic E-state index is 0.262. The Hall–Kier alpha value is -1.76. The maximum atomic E-state index is 8.90. The zero-order chi connectivity index (χ0) is 13.8. The second-order valence-corrected chi connectivity index (χ2v) is 4.72. The van der Waals surface area contributed by atoms with Gasteiger partial charge in [0.25, 0.3) is 0 Å². The molecule has 0 atom stereocenters. The van der Waals surface area contributed by atoms with Gasteiger partial charge in [-0.15, -0.1) is 0 Å². The summed E-state index contributed by atoms with van der Waals surface area (Å²) in [6, 6.07) is 9.11. The minimum absolute atomic E-state index is 0.262. The zero-order valence-corrected chi connectivity index (χ0v) is 11.7. The first-order valence-corrected chi connectivity index (χ1v) is 6.26. The first-order valence-electron chi connectivity index (χ1n) is 5.51. The van der Waals surface area contributed by atoms with E-state index in [1.807, 2.05) is 0 Å². The van der Waals surface area contributed by atoms with Gasteiger partial charge in [-0.3, -0.25) is 0 Å². The van der Waals surface area contributed by atoms with Crippen LogP contribution in [0.1, 0.15) is 5.56 Å². The number of pyridine rings is 1. The molecule has 2 rings (SSSR count). The van der Waals surface area contributed by atoms with Crippen LogP contribution >= 0.6 is 23.2 Å². The molecule has 0 aliphatic heterocycles. The fraction of sp³-hybridized carbons (Fsp3) is 0.143. The van der Waals surface area contributed by atoms with Crippen LogP contribution in [0.4, 0.5) is 0 Å². The van der Waals surface area contributed by atoms with Gasteiger partial charge in [-0.1, -0.05) is 23.2 Å². The van der Waals surface area contributed by atoms with Crippen LogP contribution in [0.25, 0.3) is 11.1 Å². The highest BCUT2D eigenvalue weighted by atomic mass is 35.5. The fourth-order valence-electron chi connectivity index (χ4n) is 1.87. The Morgan fingerprint density at radius 3 is 2.53 bits per heavy atom. The molecule has 3 nitrogen and oxygen atoms in total. The van der Waals surface area contributed by atoms with Crippen LogP contribution < -0.4 is 4.74 Å². The van der Waals surface area contributed by atoms with E-state index in [4.69, 9.17) is 33.2 Å². The van der Waals surface area contributed by atoms with E-state index >= 15 is 0 Å². The molecular weight excluding hydrogens is 283 g/mol. The smallest absolute Gasteiger partial charge is 0.221 e. The monoisotopic (exact) mass is 292 g/mol. The molecule has 0 unspecified atom stereocenters. The topological polar surface area (TPSA) is 45.9 Å². The van der Waals surface area contributed by atoms with Crippen molar-refractivity contribution in [2.45, 2.75) is 6.42 Å². The molecular formula is C14H10Cl2N2O. The molecule has 0 spiro atoms. The molecule has 0 amide bonds. The van der Waals surface area contributed by atoms with Gasteiger partial charge in [-0.05, 0) is 35.4 Å². The number of nitrogens with zero attached hydrogens (tertiary/aromatic N) is 2. The average molecular weight is 293 g/mol. The Morgan fingerprint density at radius 2 is 1.95 bits per heavy atom. The van der Waals surface area contributed by atoms with Crippen LogP contribution in [0.5, 0.6) is 5.88 Å². The fourth-order valence-corrected chi connectivity index (χ4v) is 2.40. The van der Waals surface area contributed by atoms with Crippen molar-refractivity contribution in [2.75, 3.05) is 7.11 Å². The number of nitriles is 1. The summed E-state index contributed by atoms with van der Waals surface area (Å²) in [5.74, 6) is 0.450. The zero-order valence-electron chi connectivity index (χ0n) is 10.2. The molecule has 1 aromatic heterocycles. The van der Waals surface area contributed by atoms with Crippen LogP contribution in [0.3, 0.4) is 0 Å². The summed E-state index contributed by atoms with van der Waals surface area (Å²) < 4.78 is 5.26. The van der Waals surface area contributed by atoms with Gasteiger partial charge in [0.2, 0.25) is 5.88 Å². The SMILES string of the molecule is COc1nccc(CC#N)c1-c1cc(Cl)cc(Cl)c1. The highest BCUT2D eigenvalue weighted by molar-refractivity contribution is 6.35. The summed E-state index contributed by atoms with van der Waals surface area (Å²) in [5.41, 5.74) is 2.36. The van der Waals surface area contributed by atoms with Crippen LogP contribution in [0.2, 0.25) is 10.0 Å². The molecule has 1 heterocycles. The first kappa shape index (κ1) is 13.7. The van der Waals surface area contributed by atoms with Gasteiger partial charge >= 0.3 is 0 Å². The standard InChI is InChI=1S/C14H10Cl2N2O/c1-19-14-13(9(2-4-17)3-5-18-14)10-6-11(15)8-12(16)7-10/h3,5-8H,2H2,1H3. The lowest BCUT2D eigenvalue weighted by Gasteiger charge is -2.12. The molecule has 0 saturated carbocycles. The van der Waals surface area contributed by atoms with Crippen molar-refractivity contribution in [3.05, 3.63) is 46.1 Å². The minimum Gasteiger partial charge on any atom is -0.481 e. The van der Waals surface area contributed by atoms with Gasteiger partial charge < -0.3 is 4.74 Å². The third kappa shape index (κ3) is 2.98. The van der Waals surface area contributed by atoms with Crippen LogP contribution in [-0.2, 0) is 6.42 Å². The van der Waals surface area contributed by atoms with Crippen LogP contribution in [0, 0.1) is 11.3 Å². The Labute approximate surface area is 121 Å². The Morgan fingerprint density at radius 1 is 1.26 bits per heavy atom. The molecule has 5 heteroatoms. The normalized spacial score (nSPS) is 10.0. The second kappa shape index (κ2) is 5.92. The third-order valence-electron chi connectivity index (χ3n) is 2.62. The van der Waals surface area contributed by atoms with E-state index in [2.05, 4.69) is 11.1 Å². The summed E-state index contributed by atoms with van der Waals surface area (Å²) in [5, 5.41) is 9.95. The lowest BCUT2D eigenvalue weighted by atomic mass is 9.99. The number of rotatable bonds is 3. The molecule has 19 heavy (non-hydrogen) atoms. The molecule has 2 aromatic rings. The maximum absolute atomic E-state index is 8.90. The quantitative estimate of drug-likeness (QED) is 0.854. The molecule has 0 aliphatic carbocycles. The maximum Gasteiger partial charge on any atom is 0.221 e. The summed E-state index contributed by atoms with van der Waals surface area (Å²) in [4.78, 5) is 4.16. The Bertz CT molecular complexity index is 630. The van der Waals surface area contributed by atoms with Crippen molar-refractivity contribution in [2.24, 2.45) is 0 Å². The summed E-state index contributed by atoms with van der Waals surface area (Å²) >= 11 is 12.0. The Balaban J connectivity index is 2.68. The molecule has 0 N–H and O–H groups in total. The van der Waals surface area contributed by atoms with E-state index in [0.29, 0.717) is 15.9 Å². The van der Waals surface area contributed by atoms with Crippen molar-refractivity contribution in [3.8, 4) is 23.1 Å². The van der Waals surface area contributed by atoms with Gasteiger partial charge in [0.05, 0.1) is 19.6 Å². The molecule has 96 valence electrons. The van der Waals surface area contributed by atoms with Crippen molar-refractivity contribution in [3.63, 3.8) is 0 Å². The first-order chi connectivity index (χ1) is 9.15. The summed E-state index contributed by atoms with van der Waals surface area (Å²) in [6.45, 7) is 0. The van der Waals surface area contributed by atoms with Gasteiger partial charge in [-0.25, -0.2) is 4.98 Å². The number of aromatic nitrogens is 1. The number of ether oxygens (including phenoxy) is 1. The van der Waals surface area contributed by atoms with E-state index in [1.54, 1.807) is 30.5 Å². The van der Waals surface area contributed by atoms with Crippen LogP contribution in [0.15, 0.2) is 30.5 Å². The summed E-state index contributed by atoms with van der Waals surface area (Å²) in [6.07, 6.45) is 1.87. The van der Waals surface area contributed by atoms with Crippen molar-refractivity contribution in [1.82, 2.24) is 4.98 Å². The van der Waals surface area contributed by atoms with E-state index in [1.165, 1.54) is 7.11 Å². The van der Waals surface area contributed by atoms with Crippen molar-refractivity contribution >= 4 is 23.2 Å². The lowest BCUT2D eigenvalue weighted by molar-refractivity contribution is 0.399. The number of hydrogen-bond acceptors (Lipinski definition) is 3. The van der Waals surface area contributed by atoms with Gasteiger partial charge in [0.1, 0.15) is 0 Å². The molecule has 0 fully saturated rings. The molecule has 0 aliphatic rings. The number of benzene rings is 1. The predicted octanol–water partition coefficient (Wildman–Crippen LogP) is 4.13. The second-order valence-electron chi connectivity index (χ2n) is 3.85. The van der Waals surface area contributed by atoms with E-state index < -0.39 is 0 Å². The molecule has 0 bridgehead atoms. The highest BCUT2D eigenvalue weighted by Gasteiger charge is 2.13. The van der Waals surface area contributed by atoms with E-state index in [0.717, 1.165) is 16.7 Å². The predicted molar refractivity (Wildman–Crippen MR) is 75.6 cm³/mol. The molecule has 1 aromatic carbocycles. The van der Waals surface area contributed by atoms with Crippen molar-refractivity contribution < 1.29 is 4.74 Å². The van der Waals surface area contributed by atoms with Gasteiger partial charge in [-0.2, -0.15) is 5.26 Å². The number of methoxy groups -OCH3 is 1. The third-order valence-corrected chi connectivity index (χ3v) is 3.05. The average Bonchev–Trinajstić information content (AvgIpc) is 2.37. The molecule has 0 saturated heterocycles. The van der Waals surface area contributed by atoms with Crippen molar-refractivity contribution in [1.29, 1.82) is 5.26 Å². The largest absolute Gasteiger partial charge is 0.481 e. The molecule has 0 radical (unpaired) electrons. The summed E-state index contributed by atoms with van der Waals surface area (Å²) in [7, 11) is 1.54. The van der Waals surface area contributed by atoms with E-state index in [-0.39, 0.29) is 6.42 Å². The lowest BCUT2D eigenvalue weighted by Crippen LogP contribution is -1.96. The van der Waals surface area contributed by atoms with E-state index in [9.17, 15) is 0 Å². The number of halogens is 2. The van der Waals surface area contributed by atoms with Gasteiger partial charge in [0, 0.05) is 21.8 Å². The van der Waals surface area contributed by atoms with Crippen LogP contribution in [-0.4, -0.2) is 12.1 Å². The Kier molecular flexibility index (Phi) is 4.26. The number of hydrogen-bond donors (Lipinski definition) is 0. The van der Waals surface area contributed by atoms with Gasteiger partial charge in [0.15, 0.2) is 0 Å². The highest BCUT2D eigenvalue weighted by Crippen LogP contribution is 2.35.